The minimum atomic E-state index is -3.05. The number of carboxylic acids is 1. The Labute approximate surface area is 245 Å². The van der Waals surface area contributed by atoms with E-state index in [1.165, 1.54) is 30.3 Å². The van der Waals surface area contributed by atoms with Gasteiger partial charge in [-0.1, -0.05) is 0 Å². The van der Waals surface area contributed by atoms with Gasteiger partial charge in [0.05, 0.1) is 24.8 Å². The molecule has 1 saturated carbocycles. The van der Waals surface area contributed by atoms with Crippen LogP contribution in [0.2, 0.25) is 0 Å². The van der Waals surface area contributed by atoms with Crippen LogP contribution in [0.1, 0.15) is 78.9 Å². The van der Waals surface area contributed by atoms with Crippen molar-refractivity contribution in [3.8, 4) is 23.0 Å². The lowest BCUT2D eigenvalue weighted by atomic mass is 10.2. The van der Waals surface area contributed by atoms with Crippen LogP contribution in [0.25, 0.3) is 11.5 Å². The second-order valence-electron chi connectivity index (χ2n) is 10.9. The highest BCUT2D eigenvalue weighted by Crippen LogP contribution is 2.37. The van der Waals surface area contributed by atoms with E-state index in [9.17, 15) is 23.2 Å². The van der Waals surface area contributed by atoms with E-state index in [4.69, 9.17) is 19.0 Å². The first-order valence-corrected chi connectivity index (χ1v) is 13.5. The lowest BCUT2D eigenvalue weighted by molar-refractivity contribution is -0.0515. The van der Waals surface area contributed by atoms with Crippen LogP contribution >= 0.6 is 0 Å². The predicted molar refractivity (Wildman–Crippen MR) is 147 cm³/mol. The average Bonchev–Trinajstić information content (AvgIpc) is 3.66. The van der Waals surface area contributed by atoms with Gasteiger partial charge in [-0.2, -0.15) is 8.78 Å². The lowest BCUT2D eigenvalue weighted by Crippen LogP contribution is -2.34. The number of aromatic carboxylic acids is 1. The van der Waals surface area contributed by atoms with Crippen LogP contribution < -0.4 is 20.1 Å². The van der Waals surface area contributed by atoms with Crippen LogP contribution in [-0.4, -0.2) is 51.9 Å². The molecule has 0 radical (unpaired) electrons. The monoisotopic (exact) mass is 602 g/mol. The number of hydrogen-bond acceptors (Lipinski definition) is 9. The van der Waals surface area contributed by atoms with E-state index < -0.39 is 36.2 Å². The molecule has 1 atom stereocenters. The third kappa shape index (κ3) is 8.87. The summed E-state index contributed by atoms with van der Waals surface area (Å²) in [6.07, 6.45) is 2.34. The van der Waals surface area contributed by atoms with Crippen LogP contribution in [0.3, 0.4) is 0 Å². The number of nitrogens with one attached hydrogen (secondary N) is 2. The van der Waals surface area contributed by atoms with Crippen molar-refractivity contribution >= 4 is 18.0 Å². The molecule has 12 nitrogen and oxygen atoms in total. The third-order valence-electron chi connectivity index (χ3n) is 6.09. The van der Waals surface area contributed by atoms with Crippen LogP contribution in [0, 0.1) is 5.92 Å². The molecule has 1 aromatic carbocycles. The summed E-state index contributed by atoms with van der Waals surface area (Å²) in [7, 11) is 0. The van der Waals surface area contributed by atoms with Gasteiger partial charge in [0, 0.05) is 11.8 Å². The first kappa shape index (κ1) is 31.2. The summed E-state index contributed by atoms with van der Waals surface area (Å²) in [5.74, 6) is -1.22. The van der Waals surface area contributed by atoms with Gasteiger partial charge in [0.25, 0.3) is 5.91 Å². The highest BCUT2D eigenvalue weighted by Gasteiger charge is 2.26. The average molecular weight is 603 g/mol. The topological polar surface area (TPSA) is 162 Å². The van der Waals surface area contributed by atoms with Gasteiger partial charge in [-0.15, -0.1) is 0 Å². The van der Waals surface area contributed by atoms with Crippen molar-refractivity contribution in [3.05, 3.63) is 59.2 Å². The maximum Gasteiger partial charge on any atom is 0.408 e. The fourth-order valence-electron chi connectivity index (χ4n) is 3.85. The molecule has 0 bridgehead atoms. The fraction of sp³-hybridized carbons (Fsp3) is 0.414. The van der Waals surface area contributed by atoms with E-state index in [0.717, 1.165) is 19.0 Å². The van der Waals surface area contributed by atoms with Crippen LogP contribution in [0.5, 0.6) is 11.5 Å². The minimum absolute atomic E-state index is 0.0257. The highest BCUT2D eigenvalue weighted by atomic mass is 19.3. The molecule has 1 fully saturated rings. The number of pyridine rings is 1. The van der Waals surface area contributed by atoms with E-state index in [-0.39, 0.29) is 46.6 Å². The summed E-state index contributed by atoms with van der Waals surface area (Å²) >= 11 is 0. The molecule has 0 saturated heterocycles. The van der Waals surface area contributed by atoms with Gasteiger partial charge < -0.3 is 34.4 Å². The summed E-state index contributed by atoms with van der Waals surface area (Å²) in [5.41, 5.74) is -0.228. The largest absolute Gasteiger partial charge is 0.489 e. The smallest absolute Gasteiger partial charge is 0.408 e. The minimum Gasteiger partial charge on any atom is -0.489 e. The van der Waals surface area contributed by atoms with Gasteiger partial charge in [0.1, 0.15) is 17.0 Å². The Kier molecular flexibility index (Phi) is 9.46. The second-order valence-corrected chi connectivity index (χ2v) is 10.9. The number of carbonyl (C=O) groups is 3. The van der Waals surface area contributed by atoms with Crippen molar-refractivity contribution in [2.24, 2.45) is 5.92 Å². The number of oxazole rings is 1. The van der Waals surface area contributed by atoms with Crippen LogP contribution in [0.15, 0.2) is 40.9 Å². The molecule has 0 unspecified atom stereocenters. The lowest BCUT2D eigenvalue weighted by Gasteiger charge is -2.21. The Morgan fingerprint density at radius 1 is 1.14 bits per heavy atom. The first-order chi connectivity index (χ1) is 20.3. The number of carboxylic acid groups (broad SMARTS) is 1. The molecular formula is C29H32F2N4O8. The molecule has 0 spiro atoms. The van der Waals surface area contributed by atoms with Crippen molar-refractivity contribution in [2.75, 3.05) is 6.61 Å². The third-order valence-corrected chi connectivity index (χ3v) is 6.09. The second kappa shape index (κ2) is 13.0. The number of alkyl carbamates (subject to hydrolysis) is 1. The van der Waals surface area contributed by atoms with Crippen molar-refractivity contribution in [1.29, 1.82) is 0 Å². The van der Waals surface area contributed by atoms with Gasteiger partial charge >= 0.3 is 18.7 Å². The number of ether oxygens (including phenoxy) is 3. The summed E-state index contributed by atoms with van der Waals surface area (Å²) in [6, 6.07) is 6.03. The number of hydrogen-bond donors (Lipinski definition) is 3. The maximum absolute atomic E-state index is 13.0. The van der Waals surface area contributed by atoms with Gasteiger partial charge in [0.2, 0.25) is 5.89 Å². The summed E-state index contributed by atoms with van der Waals surface area (Å²) in [5, 5.41) is 14.4. The standard InChI is InChI=1S/C29H32F2N4O8/c1-15(34-28(39)43-29(2,3)4)23-20(13-33-24(36)19-9-7-18(12-32-19)26(37)38)35-25(42-23)17-8-10-21(41-27(30)31)22(11-17)40-14-16-5-6-16/h7-12,15-16,27H,5-6,13-14H2,1-4H3,(H,33,36)(H,34,39)(H,37,38)/t15-/m0/s1. The summed E-state index contributed by atoms with van der Waals surface area (Å²) < 4.78 is 47.7. The number of carbonyl (C=O) groups excluding carboxylic acids is 2. The molecule has 230 valence electrons. The van der Waals surface area contributed by atoms with Gasteiger partial charge in [0.15, 0.2) is 17.3 Å². The van der Waals surface area contributed by atoms with E-state index >= 15 is 0 Å². The zero-order valence-electron chi connectivity index (χ0n) is 24.0. The Hall–Kier alpha value is -4.75. The predicted octanol–water partition coefficient (Wildman–Crippen LogP) is 5.34. The SMILES string of the molecule is C[C@H](NC(=O)OC(C)(C)C)c1oc(-c2ccc(OC(F)F)c(OCC3CC3)c2)nc1CNC(=O)c1ccc(C(=O)O)cn1. The Morgan fingerprint density at radius 3 is 2.49 bits per heavy atom. The molecule has 3 aromatic rings. The van der Waals surface area contributed by atoms with E-state index in [1.807, 2.05) is 0 Å². The van der Waals surface area contributed by atoms with Crippen molar-refractivity contribution < 1.29 is 46.9 Å². The molecule has 4 rings (SSSR count). The van der Waals surface area contributed by atoms with E-state index in [0.29, 0.717) is 18.1 Å². The molecular weight excluding hydrogens is 570 g/mol. The quantitative estimate of drug-likeness (QED) is 0.247. The number of rotatable bonds is 12. The van der Waals surface area contributed by atoms with Crippen molar-refractivity contribution in [1.82, 2.24) is 20.6 Å². The molecule has 1 aliphatic carbocycles. The number of amides is 2. The fourth-order valence-corrected chi connectivity index (χ4v) is 3.85. The van der Waals surface area contributed by atoms with E-state index in [2.05, 4.69) is 25.3 Å². The number of benzene rings is 1. The van der Waals surface area contributed by atoms with Gasteiger partial charge in [-0.3, -0.25) is 9.78 Å². The molecule has 43 heavy (non-hydrogen) atoms. The molecule has 0 aliphatic heterocycles. The molecule has 2 amide bonds. The Balaban J connectivity index is 1.61. The number of halogens is 2. The Bertz CT molecular complexity index is 1470. The van der Waals surface area contributed by atoms with Crippen molar-refractivity contribution in [2.45, 2.75) is 65.3 Å². The van der Waals surface area contributed by atoms with Crippen LogP contribution in [0.4, 0.5) is 13.6 Å². The zero-order valence-corrected chi connectivity index (χ0v) is 24.0. The zero-order chi connectivity index (χ0) is 31.3. The van der Waals surface area contributed by atoms with Gasteiger partial charge in [-0.05, 0) is 76.8 Å². The molecule has 3 N–H and O–H groups in total. The summed E-state index contributed by atoms with van der Waals surface area (Å²) in [4.78, 5) is 44.6. The van der Waals surface area contributed by atoms with Crippen molar-refractivity contribution in [3.63, 3.8) is 0 Å². The molecule has 2 aromatic heterocycles. The highest BCUT2D eigenvalue weighted by molar-refractivity contribution is 5.93. The van der Waals surface area contributed by atoms with E-state index in [1.54, 1.807) is 27.7 Å². The first-order valence-electron chi connectivity index (χ1n) is 13.5. The molecule has 14 heteroatoms. The van der Waals surface area contributed by atoms with Gasteiger partial charge in [-0.25, -0.2) is 14.6 Å². The number of alkyl halides is 2. The maximum atomic E-state index is 13.0. The summed E-state index contributed by atoms with van der Waals surface area (Å²) in [6.45, 7) is 3.92. The number of aromatic nitrogens is 2. The Morgan fingerprint density at radius 2 is 1.88 bits per heavy atom. The molecule has 2 heterocycles. The molecule has 1 aliphatic rings. The number of nitrogens with zero attached hydrogens (tertiary/aromatic N) is 2. The van der Waals surface area contributed by atoms with Crippen LogP contribution in [-0.2, 0) is 11.3 Å². The normalized spacial score (nSPS) is 13.7.